The highest BCUT2D eigenvalue weighted by Gasteiger charge is 2.21. The molecular weight excluding hydrogens is 580 g/mol. The normalized spacial score (nSPS) is 11.1. The molecule has 45 heavy (non-hydrogen) atoms. The number of anilines is 1. The molecule has 1 aromatic heterocycles. The van der Waals surface area contributed by atoms with Crippen molar-refractivity contribution in [1.82, 2.24) is 4.90 Å². The van der Waals surface area contributed by atoms with Gasteiger partial charge in [0, 0.05) is 29.1 Å². The Labute approximate surface area is 261 Å². The Morgan fingerprint density at radius 3 is 2.33 bits per heavy atom. The summed E-state index contributed by atoms with van der Waals surface area (Å²) in [7, 11) is 6.23. The first-order valence-electron chi connectivity index (χ1n) is 14.2. The summed E-state index contributed by atoms with van der Waals surface area (Å²) in [6.45, 7) is 7.49. The maximum Gasteiger partial charge on any atom is 0.410 e. The quantitative estimate of drug-likeness (QED) is 0.204. The molecule has 1 heterocycles. The SMILES string of the molecule is COc1cccc(-c2cc(C(=O)Nc3cc4cc(OC)c(OCCN(C)C(=O)OC(C)(C)C)c(C)c4oc3=O)ccc2OC)c1. The number of carbonyl (C=O) groups excluding carboxylic acids is 2. The molecule has 0 saturated carbocycles. The predicted molar refractivity (Wildman–Crippen MR) is 171 cm³/mol. The van der Waals surface area contributed by atoms with Crippen LogP contribution in [-0.2, 0) is 4.74 Å². The molecule has 11 heteroatoms. The first kappa shape index (κ1) is 32.7. The molecule has 11 nitrogen and oxygen atoms in total. The third-order valence-corrected chi connectivity index (χ3v) is 6.86. The molecule has 0 atom stereocenters. The van der Waals surface area contributed by atoms with Gasteiger partial charge in [0.25, 0.3) is 5.91 Å². The van der Waals surface area contributed by atoms with Crippen molar-refractivity contribution in [3.63, 3.8) is 0 Å². The Balaban J connectivity index is 1.57. The van der Waals surface area contributed by atoms with Crippen molar-refractivity contribution in [3.8, 4) is 34.1 Å². The molecule has 0 aliphatic carbocycles. The van der Waals surface area contributed by atoms with Gasteiger partial charge in [-0.25, -0.2) is 9.59 Å². The Bertz CT molecular complexity index is 1770. The van der Waals surface area contributed by atoms with Crippen molar-refractivity contribution in [2.24, 2.45) is 0 Å². The van der Waals surface area contributed by atoms with Crippen LogP contribution in [0.3, 0.4) is 0 Å². The zero-order valence-corrected chi connectivity index (χ0v) is 26.7. The lowest BCUT2D eigenvalue weighted by Crippen LogP contribution is -2.36. The van der Waals surface area contributed by atoms with E-state index in [0.29, 0.717) is 45.1 Å². The highest BCUT2D eigenvalue weighted by molar-refractivity contribution is 6.06. The monoisotopic (exact) mass is 618 g/mol. The van der Waals surface area contributed by atoms with Gasteiger partial charge in [-0.2, -0.15) is 0 Å². The molecule has 0 aliphatic heterocycles. The van der Waals surface area contributed by atoms with E-state index in [-0.39, 0.29) is 24.4 Å². The predicted octanol–water partition coefficient (Wildman–Crippen LogP) is 6.29. The number of likely N-dealkylation sites (N-methyl/N-ethyl adjacent to an activating group) is 1. The van der Waals surface area contributed by atoms with Crippen molar-refractivity contribution in [2.45, 2.75) is 33.3 Å². The highest BCUT2D eigenvalue weighted by atomic mass is 16.6. The summed E-state index contributed by atoms with van der Waals surface area (Å²) in [5.41, 5.74) is 1.19. The summed E-state index contributed by atoms with van der Waals surface area (Å²) in [4.78, 5) is 40.0. The second-order valence-electron chi connectivity index (χ2n) is 11.3. The summed E-state index contributed by atoms with van der Waals surface area (Å²) in [5, 5.41) is 3.19. The Hall–Kier alpha value is -5.19. The molecule has 0 aliphatic rings. The molecule has 0 fully saturated rings. The lowest BCUT2D eigenvalue weighted by Gasteiger charge is -2.24. The van der Waals surface area contributed by atoms with Crippen LogP contribution in [0.25, 0.3) is 22.1 Å². The number of aryl methyl sites for hydroxylation is 1. The van der Waals surface area contributed by atoms with Crippen molar-refractivity contribution in [1.29, 1.82) is 0 Å². The summed E-state index contributed by atoms with van der Waals surface area (Å²) in [6, 6.07) is 15.5. The number of hydrogen-bond acceptors (Lipinski definition) is 9. The van der Waals surface area contributed by atoms with E-state index >= 15 is 0 Å². The number of rotatable bonds is 10. The molecule has 4 rings (SSSR count). The van der Waals surface area contributed by atoms with E-state index in [0.717, 1.165) is 5.56 Å². The van der Waals surface area contributed by atoms with Gasteiger partial charge < -0.3 is 38.3 Å². The van der Waals surface area contributed by atoms with Crippen LogP contribution in [0.2, 0.25) is 0 Å². The molecule has 0 bridgehead atoms. The van der Waals surface area contributed by atoms with Crippen LogP contribution in [0.15, 0.2) is 63.8 Å². The second kappa shape index (κ2) is 13.6. The standard InChI is InChI=1S/C34H38N2O9/c1-20-29-23(19-28(42-8)30(20)43-15-14-36(5)33(39)45-34(2,3)4)18-26(32(38)44-29)35-31(37)22-12-13-27(41-7)25(17-22)21-10-9-11-24(16-21)40-6/h9-13,16-19H,14-15H2,1-8H3,(H,35,37). The Kier molecular flexibility index (Phi) is 9.91. The van der Waals surface area contributed by atoms with Gasteiger partial charge in [-0.05, 0) is 75.7 Å². The Morgan fingerprint density at radius 1 is 0.933 bits per heavy atom. The summed E-state index contributed by atoms with van der Waals surface area (Å²) in [5.74, 6) is 1.48. The largest absolute Gasteiger partial charge is 0.497 e. The van der Waals surface area contributed by atoms with Crippen LogP contribution in [-0.4, -0.2) is 64.0 Å². The lowest BCUT2D eigenvalue weighted by molar-refractivity contribution is 0.0277. The number of nitrogens with zero attached hydrogens (tertiary/aromatic N) is 1. The van der Waals surface area contributed by atoms with E-state index in [1.807, 2.05) is 24.3 Å². The zero-order chi connectivity index (χ0) is 32.9. The minimum absolute atomic E-state index is 0.0413. The Morgan fingerprint density at radius 2 is 1.67 bits per heavy atom. The molecule has 2 amide bonds. The second-order valence-corrected chi connectivity index (χ2v) is 11.3. The maximum atomic E-state index is 13.3. The van der Waals surface area contributed by atoms with E-state index in [1.165, 1.54) is 18.1 Å². The third kappa shape index (κ3) is 7.67. The van der Waals surface area contributed by atoms with Crippen LogP contribution in [0.1, 0.15) is 36.7 Å². The smallest absolute Gasteiger partial charge is 0.410 e. The van der Waals surface area contributed by atoms with Gasteiger partial charge in [0.05, 0.1) is 27.9 Å². The van der Waals surface area contributed by atoms with E-state index in [2.05, 4.69) is 5.32 Å². The van der Waals surface area contributed by atoms with Crippen LogP contribution in [0, 0.1) is 6.92 Å². The molecule has 0 radical (unpaired) electrons. The number of carbonyl (C=O) groups is 2. The minimum atomic E-state index is -0.735. The van der Waals surface area contributed by atoms with Gasteiger partial charge in [-0.15, -0.1) is 0 Å². The number of methoxy groups -OCH3 is 3. The van der Waals surface area contributed by atoms with Crippen LogP contribution < -0.4 is 29.9 Å². The number of nitrogens with one attached hydrogen (secondary N) is 1. The van der Waals surface area contributed by atoms with E-state index in [9.17, 15) is 14.4 Å². The molecule has 3 aromatic carbocycles. The fraction of sp³-hybridized carbons (Fsp3) is 0.324. The topological polar surface area (TPSA) is 126 Å². The van der Waals surface area contributed by atoms with E-state index < -0.39 is 23.2 Å². The van der Waals surface area contributed by atoms with Gasteiger partial charge in [-0.1, -0.05) is 12.1 Å². The van der Waals surface area contributed by atoms with Crippen molar-refractivity contribution >= 4 is 28.7 Å². The average molecular weight is 619 g/mol. The third-order valence-electron chi connectivity index (χ3n) is 6.86. The van der Waals surface area contributed by atoms with E-state index in [1.54, 1.807) is 73.2 Å². The first-order valence-corrected chi connectivity index (χ1v) is 14.2. The number of benzene rings is 3. The molecular formula is C34H38N2O9. The summed E-state index contributed by atoms with van der Waals surface area (Å²) in [6.07, 6.45) is -0.472. The van der Waals surface area contributed by atoms with Gasteiger partial charge in [0.2, 0.25) is 0 Å². The summed E-state index contributed by atoms with van der Waals surface area (Å²) < 4.78 is 33.4. The number of ether oxygens (including phenoxy) is 5. The first-order chi connectivity index (χ1) is 21.3. The maximum absolute atomic E-state index is 13.3. The number of fused-ring (bicyclic) bond motifs is 1. The van der Waals surface area contributed by atoms with Crippen LogP contribution in [0.5, 0.6) is 23.0 Å². The molecule has 0 saturated heterocycles. The lowest BCUT2D eigenvalue weighted by atomic mass is 10.0. The molecule has 238 valence electrons. The molecule has 0 spiro atoms. The number of hydrogen-bond donors (Lipinski definition) is 1. The number of amides is 2. The molecule has 0 unspecified atom stereocenters. The van der Waals surface area contributed by atoms with Crippen molar-refractivity contribution < 1.29 is 37.7 Å². The fourth-order valence-electron chi connectivity index (χ4n) is 4.58. The van der Waals surface area contributed by atoms with Gasteiger partial charge >= 0.3 is 11.7 Å². The summed E-state index contributed by atoms with van der Waals surface area (Å²) >= 11 is 0. The van der Waals surface area contributed by atoms with Crippen LogP contribution >= 0.6 is 0 Å². The molecule has 4 aromatic rings. The van der Waals surface area contributed by atoms with Crippen LogP contribution in [0.4, 0.5) is 10.5 Å². The fourth-order valence-corrected chi connectivity index (χ4v) is 4.58. The van der Waals surface area contributed by atoms with Gasteiger partial charge in [0.15, 0.2) is 11.5 Å². The molecule has 1 N–H and O–H groups in total. The van der Waals surface area contributed by atoms with Crippen molar-refractivity contribution in [2.75, 3.05) is 46.8 Å². The van der Waals surface area contributed by atoms with Crippen molar-refractivity contribution in [3.05, 3.63) is 76.1 Å². The zero-order valence-electron chi connectivity index (χ0n) is 26.7. The van der Waals surface area contributed by atoms with E-state index in [4.69, 9.17) is 28.1 Å². The van der Waals surface area contributed by atoms with Gasteiger partial charge in [-0.3, -0.25) is 4.79 Å². The minimum Gasteiger partial charge on any atom is -0.497 e. The van der Waals surface area contributed by atoms with Gasteiger partial charge in [0.1, 0.15) is 35.0 Å². The highest BCUT2D eigenvalue weighted by Crippen LogP contribution is 2.38. The average Bonchev–Trinajstić information content (AvgIpc) is 3.01.